The van der Waals surface area contributed by atoms with E-state index in [1.165, 1.54) is 15.4 Å². The van der Waals surface area contributed by atoms with Crippen LogP contribution in [-0.2, 0) is 57.1 Å². The summed E-state index contributed by atoms with van der Waals surface area (Å²) < 4.78 is 53.0. The van der Waals surface area contributed by atoms with E-state index in [1.807, 2.05) is 6.07 Å². The van der Waals surface area contributed by atoms with Gasteiger partial charge in [-0.05, 0) is 79.2 Å². The van der Waals surface area contributed by atoms with Crippen molar-refractivity contribution >= 4 is 32.5 Å². The summed E-state index contributed by atoms with van der Waals surface area (Å²) in [7, 11) is -6.73. The van der Waals surface area contributed by atoms with Gasteiger partial charge in [-0.3, -0.25) is 9.52 Å². The summed E-state index contributed by atoms with van der Waals surface area (Å²) in [4.78, 5) is 13.7. The number of amides is 1. The minimum absolute atomic E-state index is 0.116. The van der Waals surface area contributed by atoms with Crippen molar-refractivity contribution in [2.24, 2.45) is 0 Å². The third-order valence-electron chi connectivity index (χ3n) is 7.41. The molecular formula is C26H31N3O5S2. The topological polar surface area (TPSA) is 113 Å². The van der Waals surface area contributed by atoms with E-state index in [1.54, 1.807) is 24.3 Å². The van der Waals surface area contributed by atoms with Crippen molar-refractivity contribution in [2.45, 2.75) is 63.2 Å². The van der Waals surface area contributed by atoms with Gasteiger partial charge in [0.2, 0.25) is 20.9 Å². The minimum atomic E-state index is -3.74. The number of nitrogens with zero attached hydrogens (tertiary/aromatic N) is 1. The number of hydrogen-bond donors (Lipinski definition) is 3. The van der Waals surface area contributed by atoms with Gasteiger partial charge in [-0.2, -0.15) is 4.31 Å². The Morgan fingerprint density at radius 1 is 1.00 bits per heavy atom. The highest BCUT2D eigenvalue weighted by Gasteiger charge is 2.39. The van der Waals surface area contributed by atoms with Gasteiger partial charge in [0.15, 0.2) is 0 Å². The molecule has 1 amide bonds. The van der Waals surface area contributed by atoms with Gasteiger partial charge in [-0.25, -0.2) is 16.8 Å². The molecule has 192 valence electrons. The highest BCUT2D eigenvalue weighted by molar-refractivity contribution is 7.88. The molecule has 8 nitrogen and oxygen atoms in total. The molecule has 2 aliphatic carbocycles. The zero-order valence-corrected chi connectivity index (χ0v) is 21.7. The zero-order chi connectivity index (χ0) is 25.3. The smallest absolute Gasteiger partial charge is 0.254 e. The standard InChI is InChI=1S/C26H31N3O5S2/c30-26(28-25-21-11-4-9-19(21)15-20-10-5-12-22(20)25)23(16-27-35(31)32)24-13-6-14-29(24)36(33,34)17-18-7-2-1-3-8-18/h1-3,7-8,15-16,24,35H,4-6,9-14,17H2,(H,28,30)(H,27,31,32). The molecular weight excluding hydrogens is 498 g/mol. The molecule has 1 aliphatic heterocycles. The number of rotatable bonds is 8. The first-order chi connectivity index (χ1) is 17.3. The van der Waals surface area contributed by atoms with Crippen LogP contribution in [0.1, 0.15) is 53.5 Å². The lowest BCUT2D eigenvalue weighted by molar-refractivity contribution is -0.113. The molecule has 1 unspecified atom stereocenters. The highest BCUT2D eigenvalue weighted by Crippen LogP contribution is 2.39. The Labute approximate surface area is 213 Å². The normalized spacial score (nSPS) is 19.9. The van der Waals surface area contributed by atoms with Crippen molar-refractivity contribution in [3.05, 3.63) is 76.0 Å². The molecule has 0 bridgehead atoms. The molecule has 2 aromatic carbocycles. The molecule has 2 aromatic rings. The van der Waals surface area contributed by atoms with Gasteiger partial charge in [0.25, 0.3) is 5.91 Å². The van der Waals surface area contributed by atoms with Gasteiger partial charge in [-0.15, -0.1) is 0 Å². The molecule has 1 atom stereocenters. The average molecular weight is 530 g/mol. The van der Waals surface area contributed by atoms with Crippen LogP contribution in [-0.4, -0.2) is 39.6 Å². The van der Waals surface area contributed by atoms with Crippen molar-refractivity contribution in [1.29, 1.82) is 0 Å². The Morgan fingerprint density at radius 2 is 1.67 bits per heavy atom. The Morgan fingerprint density at radius 3 is 2.31 bits per heavy atom. The summed E-state index contributed by atoms with van der Waals surface area (Å²) in [6, 6.07) is 10.4. The molecule has 0 saturated carbocycles. The lowest BCUT2D eigenvalue weighted by Crippen LogP contribution is -2.40. The molecule has 5 rings (SSSR count). The number of benzene rings is 2. The van der Waals surface area contributed by atoms with Gasteiger partial charge >= 0.3 is 0 Å². The summed E-state index contributed by atoms with van der Waals surface area (Å²) in [6.45, 7) is 0.282. The predicted molar refractivity (Wildman–Crippen MR) is 139 cm³/mol. The summed E-state index contributed by atoms with van der Waals surface area (Å²) in [5.41, 5.74) is 6.48. The quantitative estimate of drug-likeness (QED) is 0.360. The molecule has 2 N–H and O–H groups in total. The van der Waals surface area contributed by atoms with E-state index in [2.05, 4.69) is 16.1 Å². The third-order valence-corrected chi connectivity index (χ3v) is 9.60. The fourth-order valence-electron chi connectivity index (χ4n) is 5.84. The first kappa shape index (κ1) is 25.0. The maximum Gasteiger partial charge on any atom is 0.254 e. The van der Waals surface area contributed by atoms with Crippen molar-refractivity contribution < 1.29 is 21.6 Å². The first-order valence-electron chi connectivity index (χ1n) is 12.5. The van der Waals surface area contributed by atoms with Crippen LogP contribution in [0.3, 0.4) is 0 Å². The first-order valence-corrected chi connectivity index (χ1v) is 15.2. The van der Waals surface area contributed by atoms with E-state index >= 15 is 0 Å². The van der Waals surface area contributed by atoms with Crippen LogP contribution in [0.2, 0.25) is 0 Å². The van der Waals surface area contributed by atoms with E-state index in [4.69, 9.17) is 0 Å². The fourth-order valence-corrected chi connectivity index (χ4v) is 7.88. The number of fused-ring (bicyclic) bond motifs is 2. The zero-order valence-electron chi connectivity index (χ0n) is 20.0. The van der Waals surface area contributed by atoms with Crippen molar-refractivity contribution in [3.63, 3.8) is 0 Å². The third kappa shape index (κ3) is 5.07. The molecule has 0 spiro atoms. The predicted octanol–water partition coefficient (Wildman–Crippen LogP) is 2.60. The van der Waals surface area contributed by atoms with E-state index in [0.717, 1.165) is 61.5 Å². The van der Waals surface area contributed by atoms with Crippen LogP contribution < -0.4 is 10.0 Å². The van der Waals surface area contributed by atoms with Crippen LogP contribution in [0.25, 0.3) is 0 Å². The number of carbonyl (C=O) groups is 1. The van der Waals surface area contributed by atoms with E-state index in [0.29, 0.717) is 18.4 Å². The number of hydrogen-bond acceptors (Lipinski definition) is 5. The van der Waals surface area contributed by atoms with Gasteiger partial charge in [0, 0.05) is 18.4 Å². The Balaban J connectivity index is 1.46. The van der Waals surface area contributed by atoms with Gasteiger partial charge < -0.3 is 5.32 Å². The maximum atomic E-state index is 13.7. The molecule has 1 fully saturated rings. The second-order valence-corrected chi connectivity index (χ2v) is 12.4. The van der Waals surface area contributed by atoms with Crippen LogP contribution in [0.4, 0.5) is 5.69 Å². The van der Waals surface area contributed by atoms with Gasteiger partial charge in [0.1, 0.15) is 0 Å². The largest absolute Gasteiger partial charge is 0.322 e. The molecule has 3 aliphatic rings. The number of thiol groups is 1. The van der Waals surface area contributed by atoms with Crippen LogP contribution in [0, 0.1) is 0 Å². The average Bonchev–Trinajstić information content (AvgIpc) is 3.60. The summed E-state index contributed by atoms with van der Waals surface area (Å²) in [5.74, 6) is -0.636. The number of carbonyl (C=O) groups excluding carboxylic acids is 1. The van der Waals surface area contributed by atoms with Crippen molar-refractivity contribution in [2.75, 3.05) is 11.9 Å². The van der Waals surface area contributed by atoms with Crippen LogP contribution in [0.5, 0.6) is 0 Å². The number of nitrogens with one attached hydrogen (secondary N) is 2. The summed E-state index contributed by atoms with van der Waals surface area (Å²) >= 11 is 0. The van der Waals surface area contributed by atoms with E-state index in [9.17, 15) is 21.6 Å². The lowest BCUT2D eigenvalue weighted by Gasteiger charge is -2.26. The number of anilines is 1. The van der Waals surface area contributed by atoms with Gasteiger partial charge in [-0.1, -0.05) is 36.4 Å². The number of aryl methyl sites for hydroxylation is 2. The molecule has 10 heteroatoms. The van der Waals surface area contributed by atoms with Gasteiger partial charge in [0.05, 0.1) is 17.4 Å². The molecule has 0 radical (unpaired) electrons. The molecule has 36 heavy (non-hydrogen) atoms. The van der Waals surface area contributed by atoms with Crippen LogP contribution >= 0.6 is 0 Å². The van der Waals surface area contributed by atoms with E-state index in [-0.39, 0.29) is 17.9 Å². The second kappa shape index (κ2) is 10.4. The minimum Gasteiger partial charge on any atom is -0.322 e. The lowest BCUT2D eigenvalue weighted by atomic mass is 9.98. The van der Waals surface area contributed by atoms with Crippen LogP contribution in [0.15, 0.2) is 48.2 Å². The second-order valence-electron chi connectivity index (χ2n) is 9.68. The Hall–Kier alpha value is -2.69. The summed E-state index contributed by atoms with van der Waals surface area (Å²) in [5, 5.41) is 3.10. The molecule has 0 aromatic heterocycles. The highest BCUT2D eigenvalue weighted by atomic mass is 32.2. The fraction of sp³-hybridized carbons (Fsp3) is 0.423. The number of sulfonamides is 1. The molecule has 1 heterocycles. The maximum absolute atomic E-state index is 13.7. The van der Waals surface area contributed by atoms with Crippen molar-refractivity contribution in [1.82, 2.24) is 9.03 Å². The summed E-state index contributed by atoms with van der Waals surface area (Å²) in [6.07, 6.45) is 8.02. The Kier molecular flexibility index (Phi) is 7.18. The monoisotopic (exact) mass is 529 g/mol. The molecule has 1 saturated heterocycles. The van der Waals surface area contributed by atoms with E-state index < -0.39 is 32.9 Å². The van der Waals surface area contributed by atoms with Crippen molar-refractivity contribution in [3.8, 4) is 0 Å². The Bertz CT molecular complexity index is 1340. The SMILES string of the molecule is O=C(Nc1c2c(cc3c1CCC3)CCC2)C(=CN[SH](=O)=O)C1CCCN1S(=O)(=O)Cc1ccccc1.